The van der Waals surface area contributed by atoms with E-state index >= 15 is 0 Å². The number of nitrogens with one attached hydrogen (secondary N) is 2. The van der Waals surface area contributed by atoms with Crippen LogP contribution in [0.15, 0.2) is 24.3 Å². The van der Waals surface area contributed by atoms with E-state index in [0.717, 1.165) is 31.9 Å². The van der Waals surface area contributed by atoms with E-state index in [0.29, 0.717) is 12.0 Å². The molecule has 0 radical (unpaired) electrons. The van der Waals surface area contributed by atoms with E-state index in [9.17, 15) is 4.79 Å². The average Bonchev–Trinajstić information content (AvgIpc) is 3.41. The van der Waals surface area contributed by atoms with Gasteiger partial charge in [0.05, 0.1) is 12.0 Å². The number of likely N-dealkylation sites (tertiary alicyclic amines) is 1. The van der Waals surface area contributed by atoms with Crippen LogP contribution in [0.2, 0.25) is 0 Å². The lowest BCUT2D eigenvalue weighted by Gasteiger charge is -2.37. The summed E-state index contributed by atoms with van der Waals surface area (Å²) in [5.74, 6) is 1.78. The summed E-state index contributed by atoms with van der Waals surface area (Å²) in [5, 5.41) is 0. The van der Waals surface area contributed by atoms with Gasteiger partial charge in [-0.3, -0.25) is 20.5 Å². The molecule has 0 aromatic heterocycles. The lowest BCUT2D eigenvalue weighted by molar-refractivity contribution is -0.133. The Bertz CT molecular complexity index is 689. The van der Waals surface area contributed by atoms with Crippen LogP contribution in [-0.4, -0.2) is 61.6 Å². The zero-order chi connectivity index (χ0) is 20.2. The molecule has 2 saturated heterocycles. The molecule has 160 valence electrons. The molecular formula is C23H36N4O2. The number of carbonyl (C=O) groups is 1. The fourth-order valence-electron chi connectivity index (χ4n) is 5.24. The molecule has 1 saturated carbocycles. The van der Waals surface area contributed by atoms with Crippen LogP contribution in [0, 0.1) is 11.8 Å². The molecule has 1 aromatic rings. The number of rotatable bonds is 6. The molecule has 0 spiro atoms. The van der Waals surface area contributed by atoms with Crippen LogP contribution in [0.1, 0.15) is 44.1 Å². The van der Waals surface area contributed by atoms with Crippen LogP contribution in [0.4, 0.5) is 0 Å². The molecule has 3 unspecified atom stereocenters. The molecule has 3 fully saturated rings. The first-order valence-corrected chi connectivity index (χ1v) is 11.3. The van der Waals surface area contributed by atoms with Gasteiger partial charge in [-0.15, -0.1) is 0 Å². The second-order valence-electron chi connectivity index (χ2n) is 9.16. The number of amides is 1. The summed E-state index contributed by atoms with van der Waals surface area (Å²) in [7, 11) is 3.71. The van der Waals surface area contributed by atoms with Crippen molar-refractivity contribution in [3.8, 4) is 5.75 Å². The summed E-state index contributed by atoms with van der Waals surface area (Å²) >= 11 is 0. The van der Waals surface area contributed by atoms with Crippen molar-refractivity contribution < 1.29 is 9.53 Å². The first kappa shape index (κ1) is 20.6. The van der Waals surface area contributed by atoms with Gasteiger partial charge in [0, 0.05) is 45.3 Å². The van der Waals surface area contributed by atoms with Gasteiger partial charge in [0.1, 0.15) is 5.75 Å². The van der Waals surface area contributed by atoms with Crippen molar-refractivity contribution in [2.24, 2.45) is 11.8 Å². The third kappa shape index (κ3) is 4.93. The zero-order valence-electron chi connectivity index (χ0n) is 17.9. The number of hydrogen-bond acceptors (Lipinski definition) is 5. The molecule has 0 bridgehead atoms. The Morgan fingerprint density at radius 2 is 1.97 bits per heavy atom. The lowest BCUT2D eigenvalue weighted by Crippen LogP contribution is -2.49. The summed E-state index contributed by atoms with van der Waals surface area (Å²) < 4.78 is 6.35. The molecule has 2 N–H and O–H groups in total. The van der Waals surface area contributed by atoms with Crippen LogP contribution >= 0.6 is 0 Å². The SMILES string of the molecule is CN(C)C(=O)C1CNNC1C1CCCN(Cc2ccccc2OC2CCCC2)C1. The van der Waals surface area contributed by atoms with E-state index in [2.05, 4.69) is 40.0 Å². The molecule has 1 aliphatic carbocycles. The predicted octanol–water partition coefficient (Wildman–Crippen LogP) is 2.40. The maximum atomic E-state index is 12.6. The van der Waals surface area contributed by atoms with E-state index in [-0.39, 0.29) is 17.9 Å². The van der Waals surface area contributed by atoms with Gasteiger partial charge in [-0.1, -0.05) is 18.2 Å². The molecule has 4 rings (SSSR count). The molecule has 29 heavy (non-hydrogen) atoms. The second kappa shape index (κ2) is 9.45. The summed E-state index contributed by atoms with van der Waals surface area (Å²) in [5.41, 5.74) is 7.93. The molecule has 6 nitrogen and oxygen atoms in total. The van der Waals surface area contributed by atoms with E-state index < -0.39 is 0 Å². The maximum absolute atomic E-state index is 12.6. The highest BCUT2D eigenvalue weighted by molar-refractivity contribution is 5.79. The van der Waals surface area contributed by atoms with E-state index in [1.165, 1.54) is 44.1 Å². The van der Waals surface area contributed by atoms with Crippen molar-refractivity contribution in [1.82, 2.24) is 20.7 Å². The number of hydrazine groups is 1. The number of carbonyl (C=O) groups excluding carboxylic acids is 1. The molecule has 2 aliphatic heterocycles. The van der Waals surface area contributed by atoms with Crippen LogP contribution in [-0.2, 0) is 11.3 Å². The van der Waals surface area contributed by atoms with Gasteiger partial charge >= 0.3 is 0 Å². The van der Waals surface area contributed by atoms with Crippen molar-refractivity contribution >= 4 is 5.91 Å². The first-order chi connectivity index (χ1) is 14.1. The van der Waals surface area contributed by atoms with Gasteiger partial charge in [0.2, 0.25) is 5.91 Å². The van der Waals surface area contributed by atoms with E-state index in [1.807, 2.05) is 14.1 Å². The van der Waals surface area contributed by atoms with Gasteiger partial charge in [-0.05, 0) is 57.1 Å². The Labute approximate surface area is 174 Å². The van der Waals surface area contributed by atoms with Crippen LogP contribution in [0.3, 0.4) is 0 Å². The van der Waals surface area contributed by atoms with Gasteiger partial charge < -0.3 is 9.64 Å². The Kier molecular flexibility index (Phi) is 6.73. The average molecular weight is 401 g/mol. The van der Waals surface area contributed by atoms with Gasteiger partial charge in [0.15, 0.2) is 0 Å². The number of piperidine rings is 1. The highest BCUT2D eigenvalue weighted by Crippen LogP contribution is 2.30. The fourth-order valence-corrected chi connectivity index (χ4v) is 5.24. The molecule has 1 amide bonds. The van der Waals surface area contributed by atoms with Gasteiger partial charge in [-0.25, -0.2) is 0 Å². The molecule has 6 heteroatoms. The van der Waals surface area contributed by atoms with Crippen LogP contribution in [0.5, 0.6) is 5.75 Å². The number of benzene rings is 1. The third-order valence-electron chi connectivity index (χ3n) is 6.79. The molecular weight excluding hydrogens is 364 g/mol. The quantitative estimate of drug-likeness (QED) is 0.768. The minimum Gasteiger partial charge on any atom is -0.490 e. The fraction of sp³-hybridized carbons (Fsp3) is 0.696. The lowest BCUT2D eigenvalue weighted by atomic mass is 9.83. The Hall–Kier alpha value is -1.63. The summed E-state index contributed by atoms with van der Waals surface area (Å²) in [6.07, 6.45) is 7.68. The Morgan fingerprint density at radius 1 is 1.17 bits per heavy atom. The van der Waals surface area contributed by atoms with Crippen LogP contribution in [0.25, 0.3) is 0 Å². The molecule has 1 aromatic carbocycles. The van der Waals surface area contributed by atoms with Gasteiger partial charge in [0.25, 0.3) is 0 Å². The Balaban J connectivity index is 1.40. The first-order valence-electron chi connectivity index (χ1n) is 11.3. The molecule has 3 atom stereocenters. The van der Waals surface area contributed by atoms with Crippen molar-refractivity contribution in [2.75, 3.05) is 33.7 Å². The highest BCUT2D eigenvalue weighted by Gasteiger charge is 2.40. The van der Waals surface area contributed by atoms with Crippen molar-refractivity contribution in [3.63, 3.8) is 0 Å². The minimum atomic E-state index is 0.0212. The highest BCUT2D eigenvalue weighted by atomic mass is 16.5. The Morgan fingerprint density at radius 3 is 2.76 bits per heavy atom. The smallest absolute Gasteiger partial charge is 0.228 e. The number of ether oxygens (including phenoxy) is 1. The van der Waals surface area contributed by atoms with E-state index in [4.69, 9.17) is 4.74 Å². The number of hydrogen-bond donors (Lipinski definition) is 2. The van der Waals surface area contributed by atoms with Gasteiger partial charge in [-0.2, -0.15) is 0 Å². The summed E-state index contributed by atoms with van der Waals surface area (Å²) in [6, 6.07) is 8.74. The molecule has 2 heterocycles. The van der Waals surface area contributed by atoms with E-state index in [1.54, 1.807) is 4.90 Å². The largest absolute Gasteiger partial charge is 0.490 e. The predicted molar refractivity (Wildman–Crippen MR) is 114 cm³/mol. The standard InChI is InChI=1S/C23H36N4O2/c1-26(2)23(28)20-14-24-25-22(20)18-9-7-13-27(16-18)15-17-8-3-6-12-21(17)29-19-10-4-5-11-19/h3,6,8,12,18-20,22,24-25H,4-5,7,9-11,13-16H2,1-2H3. The number of para-hydroxylation sites is 1. The summed E-state index contributed by atoms with van der Waals surface area (Å²) in [6.45, 7) is 3.77. The monoisotopic (exact) mass is 400 g/mol. The van der Waals surface area contributed by atoms with Crippen molar-refractivity contribution in [2.45, 2.75) is 57.2 Å². The summed E-state index contributed by atoms with van der Waals surface area (Å²) in [4.78, 5) is 16.9. The van der Waals surface area contributed by atoms with Crippen molar-refractivity contribution in [1.29, 1.82) is 0 Å². The third-order valence-corrected chi connectivity index (χ3v) is 6.79. The van der Waals surface area contributed by atoms with Crippen LogP contribution < -0.4 is 15.6 Å². The number of nitrogens with zero attached hydrogens (tertiary/aromatic N) is 2. The van der Waals surface area contributed by atoms with Crippen molar-refractivity contribution in [3.05, 3.63) is 29.8 Å². The maximum Gasteiger partial charge on any atom is 0.228 e. The minimum absolute atomic E-state index is 0.0212. The molecule has 3 aliphatic rings. The topological polar surface area (TPSA) is 56.8 Å². The normalized spacial score (nSPS) is 28.6. The zero-order valence-corrected chi connectivity index (χ0v) is 17.9. The second-order valence-corrected chi connectivity index (χ2v) is 9.16.